The van der Waals surface area contributed by atoms with Gasteiger partial charge in [0, 0.05) is 16.5 Å². The topological polar surface area (TPSA) is 55.8 Å². The summed E-state index contributed by atoms with van der Waals surface area (Å²) in [6.07, 6.45) is 0.102. The maximum Gasteiger partial charge on any atom is 0.303 e. The lowest BCUT2D eigenvalue weighted by atomic mass is 10.2. The number of ether oxygens (including phenoxy) is 2. The van der Waals surface area contributed by atoms with E-state index < -0.39 is 5.97 Å². The third-order valence-corrected chi connectivity index (χ3v) is 3.10. The fraction of sp³-hybridized carbons (Fsp3) is 0.417. The number of aliphatic carboxylic acids is 1. The molecule has 1 N–H and O–H groups in total. The van der Waals surface area contributed by atoms with Gasteiger partial charge in [0.05, 0.1) is 12.7 Å². The summed E-state index contributed by atoms with van der Waals surface area (Å²) < 4.78 is 12.1. The number of halogens is 1. The first-order chi connectivity index (χ1) is 8.15. The Labute approximate surface area is 108 Å². The lowest BCUT2D eigenvalue weighted by molar-refractivity contribution is -0.138. The molecule has 4 nitrogen and oxygen atoms in total. The summed E-state index contributed by atoms with van der Waals surface area (Å²) in [6, 6.07) is 7.70. The number of hydrogen-bond donors (Lipinski definition) is 1. The van der Waals surface area contributed by atoms with E-state index >= 15 is 0 Å². The molecule has 0 aliphatic carbocycles. The quantitative estimate of drug-likeness (QED) is 0.929. The summed E-state index contributed by atoms with van der Waals surface area (Å²) in [4.78, 5) is 10.4. The van der Waals surface area contributed by atoms with Gasteiger partial charge in [-0.25, -0.2) is 0 Å². The van der Waals surface area contributed by atoms with Crippen LogP contribution >= 0.6 is 15.9 Å². The Morgan fingerprint density at radius 1 is 1.41 bits per heavy atom. The molecular weight excluding hydrogens is 288 g/mol. The molecule has 17 heavy (non-hydrogen) atoms. The molecule has 1 aromatic carbocycles. The molecule has 1 heterocycles. The van der Waals surface area contributed by atoms with Gasteiger partial charge in [-0.15, -0.1) is 0 Å². The minimum absolute atomic E-state index is 0.112. The third-order valence-electron chi connectivity index (χ3n) is 2.57. The Kier molecular flexibility index (Phi) is 4.15. The largest absolute Gasteiger partial charge is 0.481 e. The molecule has 2 unspecified atom stereocenters. The lowest BCUT2D eigenvalue weighted by Crippen LogP contribution is -2.11. The monoisotopic (exact) mass is 300 g/mol. The van der Waals surface area contributed by atoms with Gasteiger partial charge in [-0.2, -0.15) is 0 Å². The van der Waals surface area contributed by atoms with Gasteiger partial charge in [-0.1, -0.05) is 28.1 Å². The van der Waals surface area contributed by atoms with E-state index in [2.05, 4.69) is 15.9 Å². The fourth-order valence-corrected chi connectivity index (χ4v) is 1.94. The number of carboxylic acid groups (broad SMARTS) is 1. The number of carboxylic acids is 1. The average Bonchev–Trinajstić information content (AvgIpc) is 2.76. The molecule has 0 aromatic heterocycles. The fourth-order valence-electron chi connectivity index (χ4n) is 1.68. The first-order valence-corrected chi connectivity index (χ1v) is 6.19. The molecule has 2 rings (SSSR count). The van der Waals surface area contributed by atoms with Crippen LogP contribution in [0.2, 0.25) is 0 Å². The molecule has 5 heteroatoms. The van der Waals surface area contributed by atoms with Crippen LogP contribution in [0.1, 0.15) is 24.7 Å². The summed E-state index contributed by atoms with van der Waals surface area (Å²) in [6.45, 7) is 0.452. The highest BCUT2D eigenvalue weighted by atomic mass is 79.9. The molecule has 0 spiro atoms. The van der Waals surface area contributed by atoms with Crippen LogP contribution < -0.4 is 0 Å². The SMILES string of the molecule is O=C(O)CCC1COC(c2ccc(Br)cc2)O1. The molecule has 1 aromatic rings. The Morgan fingerprint density at radius 2 is 2.12 bits per heavy atom. The van der Waals surface area contributed by atoms with Crippen molar-refractivity contribution < 1.29 is 19.4 Å². The van der Waals surface area contributed by atoms with Gasteiger partial charge in [0.25, 0.3) is 0 Å². The third kappa shape index (κ3) is 3.52. The van der Waals surface area contributed by atoms with E-state index in [9.17, 15) is 4.79 Å². The van der Waals surface area contributed by atoms with E-state index in [0.29, 0.717) is 13.0 Å². The van der Waals surface area contributed by atoms with Crippen molar-refractivity contribution in [3.8, 4) is 0 Å². The van der Waals surface area contributed by atoms with Gasteiger partial charge < -0.3 is 14.6 Å². The van der Waals surface area contributed by atoms with Crippen molar-refractivity contribution in [2.75, 3.05) is 6.61 Å². The maximum atomic E-state index is 10.4. The second-order valence-electron chi connectivity index (χ2n) is 3.91. The van der Waals surface area contributed by atoms with Crippen molar-refractivity contribution in [3.05, 3.63) is 34.3 Å². The van der Waals surface area contributed by atoms with E-state index in [1.807, 2.05) is 24.3 Å². The van der Waals surface area contributed by atoms with Gasteiger partial charge in [0.1, 0.15) is 0 Å². The molecule has 1 saturated heterocycles. The van der Waals surface area contributed by atoms with Crippen LogP contribution in [0.15, 0.2) is 28.7 Å². The summed E-state index contributed by atoms with van der Waals surface area (Å²) in [5.74, 6) is -0.805. The maximum absolute atomic E-state index is 10.4. The molecule has 0 saturated carbocycles. The van der Waals surface area contributed by atoms with E-state index in [4.69, 9.17) is 14.6 Å². The standard InChI is InChI=1S/C12H13BrO4/c13-9-3-1-8(2-4-9)12-16-7-10(17-12)5-6-11(14)15/h1-4,10,12H,5-7H2,(H,14,15). The normalized spacial score (nSPS) is 23.8. The molecule has 1 fully saturated rings. The highest BCUT2D eigenvalue weighted by Gasteiger charge is 2.27. The lowest BCUT2D eigenvalue weighted by Gasteiger charge is -2.11. The van der Waals surface area contributed by atoms with Crippen LogP contribution in [-0.4, -0.2) is 23.8 Å². The first-order valence-electron chi connectivity index (χ1n) is 5.39. The predicted octanol–water partition coefficient (Wildman–Crippen LogP) is 2.73. The van der Waals surface area contributed by atoms with Crippen LogP contribution in [-0.2, 0) is 14.3 Å². The minimum Gasteiger partial charge on any atom is -0.481 e. The number of carbonyl (C=O) groups is 1. The predicted molar refractivity (Wildman–Crippen MR) is 64.6 cm³/mol. The molecule has 1 aliphatic rings. The molecular formula is C12H13BrO4. The van der Waals surface area contributed by atoms with Crippen LogP contribution in [0.3, 0.4) is 0 Å². The molecule has 2 atom stereocenters. The van der Waals surface area contributed by atoms with Crippen molar-refractivity contribution >= 4 is 21.9 Å². The highest BCUT2D eigenvalue weighted by molar-refractivity contribution is 9.10. The zero-order valence-corrected chi connectivity index (χ0v) is 10.7. The molecule has 92 valence electrons. The van der Waals surface area contributed by atoms with Gasteiger partial charge in [-0.3, -0.25) is 4.79 Å². The molecule has 0 bridgehead atoms. The first kappa shape index (κ1) is 12.5. The second kappa shape index (κ2) is 5.62. The van der Waals surface area contributed by atoms with Crippen molar-refractivity contribution in [1.29, 1.82) is 0 Å². The van der Waals surface area contributed by atoms with E-state index in [0.717, 1.165) is 10.0 Å². The average molecular weight is 301 g/mol. The van der Waals surface area contributed by atoms with Gasteiger partial charge in [0.15, 0.2) is 6.29 Å². The number of rotatable bonds is 4. The number of hydrogen-bond acceptors (Lipinski definition) is 3. The Hall–Kier alpha value is -0.910. The van der Waals surface area contributed by atoms with Crippen LogP contribution in [0.4, 0.5) is 0 Å². The molecule has 0 radical (unpaired) electrons. The number of benzene rings is 1. The van der Waals surface area contributed by atoms with Crippen molar-refractivity contribution in [1.82, 2.24) is 0 Å². The van der Waals surface area contributed by atoms with Crippen molar-refractivity contribution in [2.45, 2.75) is 25.2 Å². The zero-order chi connectivity index (χ0) is 12.3. The van der Waals surface area contributed by atoms with Gasteiger partial charge in [-0.05, 0) is 18.6 Å². The van der Waals surface area contributed by atoms with E-state index in [1.165, 1.54) is 0 Å². The second-order valence-corrected chi connectivity index (χ2v) is 4.82. The van der Waals surface area contributed by atoms with Gasteiger partial charge >= 0.3 is 5.97 Å². The van der Waals surface area contributed by atoms with E-state index in [1.54, 1.807) is 0 Å². The van der Waals surface area contributed by atoms with Crippen LogP contribution in [0.5, 0.6) is 0 Å². The highest BCUT2D eigenvalue weighted by Crippen LogP contribution is 2.29. The summed E-state index contributed by atoms with van der Waals surface area (Å²) in [5, 5.41) is 8.59. The van der Waals surface area contributed by atoms with Crippen LogP contribution in [0, 0.1) is 0 Å². The smallest absolute Gasteiger partial charge is 0.303 e. The zero-order valence-electron chi connectivity index (χ0n) is 9.14. The van der Waals surface area contributed by atoms with Gasteiger partial charge in [0.2, 0.25) is 0 Å². The Balaban J connectivity index is 1.89. The van der Waals surface area contributed by atoms with Crippen molar-refractivity contribution in [2.24, 2.45) is 0 Å². The summed E-state index contributed by atoms with van der Waals surface area (Å²) >= 11 is 3.36. The summed E-state index contributed by atoms with van der Waals surface area (Å²) in [5.41, 5.74) is 0.950. The summed E-state index contributed by atoms with van der Waals surface area (Å²) in [7, 11) is 0. The Bertz CT molecular complexity index is 390. The minimum atomic E-state index is -0.805. The molecule has 0 amide bonds. The van der Waals surface area contributed by atoms with E-state index in [-0.39, 0.29) is 18.8 Å². The Morgan fingerprint density at radius 3 is 2.76 bits per heavy atom. The van der Waals surface area contributed by atoms with Crippen molar-refractivity contribution in [3.63, 3.8) is 0 Å². The van der Waals surface area contributed by atoms with Crippen LogP contribution in [0.25, 0.3) is 0 Å². The molecule has 1 aliphatic heterocycles.